The van der Waals surface area contributed by atoms with E-state index in [9.17, 15) is 0 Å². The molecular formula is C13H8N4. The van der Waals surface area contributed by atoms with Crippen LogP contribution in [0, 0.1) is 11.3 Å². The molecule has 1 aromatic carbocycles. The van der Waals surface area contributed by atoms with Crippen LogP contribution in [0.3, 0.4) is 0 Å². The molecule has 0 spiro atoms. The molecular weight excluding hydrogens is 212 g/mol. The molecule has 0 saturated heterocycles. The Bertz CT molecular complexity index is 688. The zero-order valence-corrected chi connectivity index (χ0v) is 8.91. The molecule has 0 N–H and O–H groups in total. The Labute approximate surface area is 97.8 Å². The van der Waals surface area contributed by atoms with E-state index >= 15 is 0 Å². The highest BCUT2D eigenvalue weighted by Crippen LogP contribution is 2.19. The van der Waals surface area contributed by atoms with Crippen LogP contribution in [0.15, 0.2) is 48.9 Å². The summed E-state index contributed by atoms with van der Waals surface area (Å²) in [5.41, 5.74) is 2.38. The Hall–Kier alpha value is -2.67. The lowest BCUT2D eigenvalue weighted by atomic mass is 10.1. The van der Waals surface area contributed by atoms with Crippen molar-refractivity contribution in [1.29, 1.82) is 5.26 Å². The van der Waals surface area contributed by atoms with Gasteiger partial charge < -0.3 is 0 Å². The summed E-state index contributed by atoms with van der Waals surface area (Å²) < 4.78 is 1.86. The Morgan fingerprint density at radius 2 is 2.18 bits per heavy atom. The number of nitriles is 1. The number of fused-ring (bicyclic) bond motifs is 1. The van der Waals surface area contributed by atoms with Gasteiger partial charge >= 0.3 is 0 Å². The van der Waals surface area contributed by atoms with E-state index < -0.39 is 0 Å². The van der Waals surface area contributed by atoms with Crippen LogP contribution in [-0.2, 0) is 0 Å². The average Bonchev–Trinajstić information content (AvgIpc) is 2.82. The zero-order valence-electron chi connectivity index (χ0n) is 8.91. The fraction of sp³-hybridized carbons (Fsp3) is 0. The van der Waals surface area contributed by atoms with Crippen molar-refractivity contribution >= 4 is 5.78 Å². The molecule has 3 aromatic rings. The van der Waals surface area contributed by atoms with E-state index in [1.54, 1.807) is 12.3 Å². The Morgan fingerprint density at radius 1 is 1.24 bits per heavy atom. The summed E-state index contributed by atoms with van der Waals surface area (Å²) in [5, 5.41) is 8.86. The molecule has 17 heavy (non-hydrogen) atoms. The highest BCUT2D eigenvalue weighted by Gasteiger charge is 2.04. The number of nitrogens with zero attached hydrogens (tertiary/aromatic N) is 4. The standard InChI is InChI=1S/C13H8N4/c14-8-10-3-1-4-11(7-10)12-9-17-6-2-5-15-13(17)16-12/h1-7,9H. The highest BCUT2D eigenvalue weighted by atomic mass is 15.1. The highest BCUT2D eigenvalue weighted by molar-refractivity contribution is 5.63. The lowest BCUT2D eigenvalue weighted by molar-refractivity contribution is 1.11. The largest absolute Gasteiger partial charge is 0.291 e. The first-order chi connectivity index (χ1) is 8.36. The normalized spacial score (nSPS) is 10.3. The van der Waals surface area contributed by atoms with Gasteiger partial charge in [-0.3, -0.25) is 4.40 Å². The summed E-state index contributed by atoms with van der Waals surface area (Å²) in [7, 11) is 0. The van der Waals surface area contributed by atoms with Crippen LogP contribution in [-0.4, -0.2) is 14.4 Å². The lowest BCUT2D eigenvalue weighted by Crippen LogP contribution is -1.83. The number of benzene rings is 1. The first-order valence-corrected chi connectivity index (χ1v) is 5.17. The zero-order chi connectivity index (χ0) is 11.7. The van der Waals surface area contributed by atoms with Crippen molar-refractivity contribution in [1.82, 2.24) is 14.4 Å². The number of hydrogen-bond acceptors (Lipinski definition) is 3. The van der Waals surface area contributed by atoms with Gasteiger partial charge in [-0.2, -0.15) is 5.26 Å². The fourth-order valence-corrected chi connectivity index (χ4v) is 1.72. The third kappa shape index (κ3) is 1.64. The van der Waals surface area contributed by atoms with Crippen LogP contribution < -0.4 is 0 Å². The number of hydrogen-bond donors (Lipinski definition) is 0. The maximum atomic E-state index is 8.86. The summed E-state index contributed by atoms with van der Waals surface area (Å²) in [4.78, 5) is 8.56. The van der Waals surface area contributed by atoms with E-state index in [0.717, 1.165) is 11.3 Å². The second kappa shape index (κ2) is 3.72. The number of rotatable bonds is 1. The van der Waals surface area contributed by atoms with Gasteiger partial charge in [0, 0.05) is 24.2 Å². The van der Waals surface area contributed by atoms with Crippen LogP contribution in [0.1, 0.15) is 5.56 Å². The molecule has 80 valence electrons. The molecule has 0 aliphatic heterocycles. The number of imidazole rings is 1. The van der Waals surface area contributed by atoms with E-state index in [4.69, 9.17) is 5.26 Å². The minimum absolute atomic E-state index is 0.632. The monoisotopic (exact) mass is 220 g/mol. The van der Waals surface area contributed by atoms with Crippen LogP contribution in [0.4, 0.5) is 0 Å². The molecule has 3 rings (SSSR count). The van der Waals surface area contributed by atoms with Gasteiger partial charge in [0.2, 0.25) is 5.78 Å². The third-order valence-electron chi connectivity index (χ3n) is 2.52. The van der Waals surface area contributed by atoms with E-state index in [2.05, 4.69) is 16.0 Å². The Balaban J connectivity index is 2.17. The van der Waals surface area contributed by atoms with Gasteiger partial charge in [-0.05, 0) is 18.2 Å². The molecule has 4 heteroatoms. The third-order valence-corrected chi connectivity index (χ3v) is 2.52. The molecule has 4 nitrogen and oxygen atoms in total. The second-order valence-electron chi connectivity index (χ2n) is 3.65. The van der Waals surface area contributed by atoms with Crippen LogP contribution in [0.2, 0.25) is 0 Å². The molecule has 0 atom stereocenters. The lowest BCUT2D eigenvalue weighted by Gasteiger charge is -1.95. The van der Waals surface area contributed by atoms with Crippen molar-refractivity contribution in [3.8, 4) is 17.3 Å². The molecule has 0 aliphatic carbocycles. The summed E-state index contributed by atoms with van der Waals surface area (Å²) >= 11 is 0. The Kier molecular flexibility index (Phi) is 2.09. The molecule has 0 amide bonds. The second-order valence-corrected chi connectivity index (χ2v) is 3.65. The average molecular weight is 220 g/mol. The van der Waals surface area contributed by atoms with Gasteiger partial charge in [0.25, 0.3) is 0 Å². The molecule has 0 unspecified atom stereocenters. The van der Waals surface area contributed by atoms with Crippen LogP contribution >= 0.6 is 0 Å². The van der Waals surface area contributed by atoms with E-state index in [0.29, 0.717) is 11.3 Å². The molecule has 0 aliphatic rings. The quantitative estimate of drug-likeness (QED) is 0.632. The predicted octanol–water partition coefficient (Wildman–Crippen LogP) is 2.27. The van der Waals surface area contributed by atoms with Gasteiger partial charge in [0.15, 0.2) is 0 Å². The molecule has 0 bridgehead atoms. The Morgan fingerprint density at radius 3 is 3.00 bits per heavy atom. The van der Waals surface area contributed by atoms with Crippen molar-refractivity contribution in [2.24, 2.45) is 0 Å². The van der Waals surface area contributed by atoms with Crippen molar-refractivity contribution in [2.75, 3.05) is 0 Å². The summed E-state index contributed by atoms with van der Waals surface area (Å²) in [5.74, 6) is 0.657. The molecule has 2 heterocycles. The smallest absolute Gasteiger partial charge is 0.234 e. The van der Waals surface area contributed by atoms with Crippen molar-refractivity contribution in [3.05, 3.63) is 54.5 Å². The maximum Gasteiger partial charge on any atom is 0.234 e. The SMILES string of the molecule is N#Cc1cccc(-c2cn3cccnc3n2)c1. The van der Waals surface area contributed by atoms with Crippen LogP contribution in [0.25, 0.3) is 17.0 Å². The van der Waals surface area contributed by atoms with Gasteiger partial charge in [0.05, 0.1) is 17.3 Å². The summed E-state index contributed by atoms with van der Waals surface area (Å²) in [6.45, 7) is 0. The van der Waals surface area contributed by atoms with Gasteiger partial charge in [0.1, 0.15) is 0 Å². The van der Waals surface area contributed by atoms with Crippen molar-refractivity contribution < 1.29 is 0 Å². The predicted molar refractivity (Wildman–Crippen MR) is 63.1 cm³/mol. The minimum Gasteiger partial charge on any atom is -0.291 e. The fourth-order valence-electron chi connectivity index (χ4n) is 1.72. The first kappa shape index (κ1) is 9.55. The summed E-state index contributed by atoms with van der Waals surface area (Å²) in [6.07, 6.45) is 5.50. The first-order valence-electron chi connectivity index (χ1n) is 5.17. The molecule has 0 radical (unpaired) electrons. The van der Waals surface area contributed by atoms with E-state index in [-0.39, 0.29) is 0 Å². The van der Waals surface area contributed by atoms with Gasteiger partial charge in [-0.1, -0.05) is 12.1 Å². The maximum absolute atomic E-state index is 8.86. The molecule has 0 saturated carbocycles. The van der Waals surface area contributed by atoms with Gasteiger partial charge in [-0.25, -0.2) is 9.97 Å². The van der Waals surface area contributed by atoms with Gasteiger partial charge in [-0.15, -0.1) is 0 Å². The minimum atomic E-state index is 0.632. The topological polar surface area (TPSA) is 54.0 Å². The number of aromatic nitrogens is 3. The van der Waals surface area contributed by atoms with Crippen molar-refractivity contribution in [3.63, 3.8) is 0 Å². The van der Waals surface area contributed by atoms with Crippen molar-refractivity contribution in [2.45, 2.75) is 0 Å². The summed E-state index contributed by atoms with van der Waals surface area (Å²) in [6, 6.07) is 11.4. The molecule has 2 aromatic heterocycles. The van der Waals surface area contributed by atoms with E-state index in [1.165, 1.54) is 0 Å². The van der Waals surface area contributed by atoms with Crippen LogP contribution in [0.5, 0.6) is 0 Å². The van der Waals surface area contributed by atoms with E-state index in [1.807, 2.05) is 41.1 Å². The molecule has 0 fully saturated rings.